The van der Waals surface area contributed by atoms with Crippen molar-refractivity contribution in [3.05, 3.63) is 39.9 Å². The summed E-state index contributed by atoms with van der Waals surface area (Å²) >= 11 is 0. The molecule has 2 rings (SSSR count). The van der Waals surface area contributed by atoms with Crippen molar-refractivity contribution in [2.24, 2.45) is 5.92 Å². The van der Waals surface area contributed by atoms with Crippen molar-refractivity contribution in [2.45, 2.75) is 19.4 Å². The SMILES string of the molecule is O=C(NCCNCc1ccc([N+](=O)[O-])cc1)C1CC1. The largest absolute Gasteiger partial charge is 0.355 e. The van der Waals surface area contributed by atoms with Crippen molar-refractivity contribution in [3.63, 3.8) is 0 Å². The highest BCUT2D eigenvalue weighted by molar-refractivity contribution is 5.80. The quantitative estimate of drug-likeness (QED) is 0.440. The van der Waals surface area contributed by atoms with E-state index in [-0.39, 0.29) is 17.5 Å². The van der Waals surface area contributed by atoms with Crippen LogP contribution in [0.4, 0.5) is 5.69 Å². The molecule has 1 aromatic carbocycles. The van der Waals surface area contributed by atoms with Crippen molar-refractivity contribution in [3.8, 4) is 0 Å². The molecule has 19 heavy (non-hydrogen) atoms. The van der Waals surface area contributed by atoms with Gasteiger partial charge in [-0.2, -0.15) is 0 Å². The summed E-state index contributed by atoms with van der Waals surface area (Å²) in [4.78, 5) is 21.4. The van der Waals surface area contributed by atoms with Crippen LogP contribution in [0, 0.1) is 16.0 Å². The Morgan fingerprint density at radius 2 is 1.95 bits per heavy atom. The molecular formula is C13H17N3O3. The molecule has 1 amide bonds. The maximum Gasteiger partial charge on any atom is 0.269 e. The number of rotatable bonds is 7. The molecule has 0 atom stereocenters. The van der Waals surface area contributed by atoms with Gasteiger partial charge in [-0.15, -0.1) is 0 Å². The standard InChI is InChI=1S/C13H17N3O3/c17-13(11-3-4-11)15-8-7-14-9-10-1-5-12(6-2-10)16(18)19/h1-2,5-6,11,14H,3-4,7-9H2,(H,15,17). The predicted octanol–water partition coefficient (Wildman–Crippen LogP) is 1.21. The van der Waals surface area contributed by atoms with Gasteiger partial charge >= 0.3 is 0 Å². The van der Waals surface area contributed by atoms with Gasteiger partial charge in [-0.1, -0.05) is 12.1 Å². The molecule has 1 fully saturated rings. The van der Waals surface area contributed by atoms with Crippen LogP contribution in [0.2, 0.25) is 0 Å². The molecule has 0 heterocycles. The summed E-state index contributed by atoms with van der Waals surface area (Å²) in [7, 11) is 0. The predicted molar refractivity (Wildman–Crippen MR) is 70.5 cm³/mol. The third kappa shape index (κ3) is 4.33. The highest BCUT2D eigenvalue weighted by atomic mass is 16.6. The van der Waals surface area contributed by atoms with Gasteiger partial charge in [0.15, 0.2) is 0 Å². The first-order valence-corrected chi connectivity index (χ1v) is 6.38. The van der Waals surface area contributed by atoms with E-state index in [0.29, 0.717) is 19.6 Å². The van der Waals surface area contributed by atoms with Crippen molar-refractivity contribution >= 4 is 11.6 Å². The lowest BCUT2D eigenvalue weighted by Gasteiger charge is -2.06. The monoisotopic (exact) mass is 263 g/mol. The van der Waals surface area contributed by atoms with E-state index in [2.05, 4.69) is 10.6 Å². The number of carbonyl (C=O) groups excluding carboxylic acids is 1. The average Bonchev–Trinajstić information content (AvgIpc) is 3.23. The number of nitrogens with zero attached hydrogens (tertiary/aromatic N) is 1. The minimum atomic E-state index is -0.412. The van der Waals surface area contributed by atoms with Crippen LogP contribution < -0.4 is 10.6 Å². The van der Waals surface area contributed by atoms with Crippen LogP contribution >= 0.6 is 0 Å². The van der Waals surface area contributed by atoms with Gasteiger partial charge in [0.1, 0.15) is 0 Å². The Morgan fingerprint density at radius 1 is 1.26 bits per heavy atom. The maximum atomic E-state index is 11.3. The number of hydrogen-bond acceptors (Lipinski definition) is 4. The molecule has 6 nitrogen and oxygen atoms in total. The van der Waals surface area contributed by atoms with E-state index in [0.717, 1.165) is 18.4 Å². The van der Waals surface area contributed by atoms with Crippen LogP contribution in [0.3, 0.4) is 0 Å². The minimum Gasteiger partial charge on any atom is -0.355 e. The van der Waals surface area contributed by atoms with E-state index in [9.17, 15) is 14.9 Å². The Hall–Kier alpha value is -1.95. The third-order valence-corrected chi connectivity index (χ3v) is 3.03. The summed E-state index contributed by atoms with van der Waals surface area (Å²) < 4.78 is 0. The number of non-ortho nitro benzene ring substituents is 1. The minimum absolute atomic E-state index is 0.0976. The zero-order valence-corrected chi connectivity index (χ0v) is 10.6. The second-order valence-electron chi connectivity index (χ2n) is 4.67. The average molecular weight is 263 g/mol. The van der Waals surface area contributed by atoms with Gasteiger partial charge in [0.05, 0.1) is 4.92 Å². The van der Waals surface area contributed by atoms with E-state index in [1.165, 1.54) is 12.1 Å². The van der Waals surface area contributed by atoms with E-state index in [1.807, 2.05) is 0 Å². The van der Waals surface area contributed by atoms with Gasteiger partial charge in [0.25, 0.3) is 5.69 Å². The Bertz CT molecular complexity index is 455. The first-order valence-electron chi connectivity index (χ1n) is 6.38. The zero-order valence-electron chi connectivity index (χ0n) is 10.6. The van der Waals surface area contributed by atoms with Crippen molar-refractivity contribution in [1.29, 1.82) is 0 Å². The fraction of sp³-hybridized carbons (Fsp3) is 0.462. The molecule has 1 saturated carbocycles. The highest BCUT2D eigenvalue weighted by Gasteiger charge is 2.28. The summed E-state index contributed by atoms with van der Waals surface area (Å²) in [5.41, 5.74) is 1.08. The molecule has 2 N–H and O–H groups in total. The molecule has 0 unspecified atom stereocenters. The second-order valence-corrected chi connectivity index (χ2v) is 4.67. The normalized spacial score (nSPS) is 14.1. The van der Waals surface area contributed by atoms with Crippen molar-refractivity contribution in [2.75, 3.05) is 13.1 Å². The fourth-order valence-electron chi connectivity index (χ4n) is 1.73. The maximum absolute atomic E-state index is 11.3. The molecule has 0 radical (unpaired) electrons. The second kappa shape index (κ2) is 6.29. The molecule has 6 heteroatoms. The number of carbonyl (C=O) groups is 1. The number of amides is 1. The van der Waals surface area contributed by atoms with Crippen molar-refractivity contribution < 1.29 is 9.72 Å². The van der Waals surface area contributed by atoms with Gasteiger partial charge in [0, 0.05) is 37.7 Å². The first-order chi connectivity index (χ1) is 9.16. The van der Waals surface area contributed by atoms with Crippen molar-refractivity contribution in [1.82, 2.24) is 10.6 Å². The summed E-state index contributed by atoms with van der Waals surface area (Å²) in [6, 6.07) is 6.44. The van der Waals surface area contributed by atoms with Gasteiger partial charge in [-0.05, 0) is 18.4 Å². The molecule has 0 saturated heterocycles. The molecule has 0 spiro atoms. The molecule has 1 aliphatic rings. The van der Waals surface area contributed by atoms with Gasteiger partial charge < -0.3 is 10.6 Å². The topological polar surface area (TPSA) is 84.3 Å². The number of nitrogens with one attached hydrogen (secondary N) is 2. The molecular weight excluding hydrogens is 246 g/mol. The lowest BCUT2D eigenvalue weighted by atomic mass is 10.2. The summed E-state index contributed by atoms with van der Waals surface area (Å²) in [5.74, 6) is 0.395. The summed E-state index contributed by atoms with van der Waals surface area (Å²) in [6.45, 7) is 1.94. The molecule has 0 bridgehead atoms. The Kier molecular flexibility index (Phi) is 4.46. The number of nitro groups is 1. The third-order valence-electron chi connectivity index (χ3n) is 3.03. The van der Waals surface area contributed by atoms with Crippen LogP contribution in [-0.4, -0.2) is 23.9 Å². The fourth-order valence-corrected chi connectivity index (χ4v) is 1.73. The molecule has 0 aromatic heterocycles. The van der Waals surface area contributed by atoms with E-state index in [4.69, 9.17) is 0 Å². The Morgan fingerprint density at radius 3 is 2.53 bits per heavy atom. The molecule has 102 valence electrons. The van der Waals surface area contributed by atoms with Crippen LogP contribution in [-0.2, 0) is 11.3 Å². The van der Waals surface area contributed by atoms with Gasteiger partial charge in [-0.25, -0.2) is 0 Å². The van der Waals surface area contributed by atoms with E-state index in [1.54, 1.807) is 12.1 Å². The molecule has 0 aliphatic heterocycles. The van der Waals surface area contributed by atoms with Crippen LogP contribution in [0.1, 0.15) is 18.4 Å². The molecule has 1 aromatic rings. The lowest BCUT2D eigenvalue weighted by Crippen LogP contribution is -2.32. The Balaban J connectivity index is 1.62. The summed E-state index contributed by atoms with van der Waals surface area (Å²) in [6.07, 6.45) is 2.03. The zero-order chi connectivity index (χ0) is 13.7. The van der Waals surface area contributed by atoms with E-state index < -0.39 is 4.92 Å². The summed E-state index contributed by atoms with van der Waals surface area (Å²) in [5, 5.41) is 16.5. The Labute approximate surface area is 111 Å². The van der Waals surface area contributed by atoms with E-state index >= 15 is 0 Å². The van der Waals surface area contributed by atoms with Gasteiger partial charge in [0.2, 0.25) is 5.91 Å². The van der Waals surface area contributed by atoms with Crippen LogP contribution in [0.25, 0.3) is 0 Å². The van der Waals surface area contributed by atoms with Gasteiger partial charge in [-0.3, -0.25) is 14.9 Å². The highest BCUT2D eigenvalue weighted by Crippen LogP contribution is 2.28. The number of benzene rings is 1. The first kappa shape index (κ1) is 13.5. The molecule has 1 aliphatic carbocycles. The lowest BCUT2D eigenvalue weighted by molar-refractivity contribution is -0.384. The smallest absolute Gasteiger partial charge is 0.269 e. The number of hydrogen-bond donors (Lipinski definition) is 2. The van der Waals surface area contributed by atoms with Crippen LogP contribution in [0.5, 0.6) is 0 Å². The van der Waals surface area contributed by atoms with Crippen LogP contribution in [0.15, 0.2) is 24.3 Å². The number of nitro benzene ring substituents is 1.